The van der Waals surface area contributed by atoms with E-state index in [0.717, 1.165) is 5.69 Å². The first-order valence-corrected chi connectivity index (χ1v) is 9.48. The van der Waals surface area contributed by atoms with Crippen LogP contribution in [0.25, 0.3) is 0 Å². The van der Waals surface area contributed by atoms with E-state index in [1.807, 2.05) is 6.07 Å². The van der Waals surface area contributed by atoms with E-state index in [1.54, 1.807) is 42.3 Å². The first kappa shape index (κ1) is 18.9. The number of aromatic nitrogens is 1. The van der Waals surface area contributed by atoms with Gasteiger partial charge in [0.15, 0.2) is 11.5 Å². The quantitative estimate of drug-likeness (QED) is 0.845. The van der Waals surface area contributed by atoms with Crippen LogP contribution in [0.1, 0.15) is 17.3 Å². The number of carbonyl (C=O) groups is 2. The van der Waals surface area contributed by atoms with Gasteiger partial charge in [0, 0.05) is 31.7 Å². The average molecular weight is 398 g/mol. The van der Waals surface area contributed by atoms with Gasteiger partial charge >= 0.3 is 6.09 Å². The SMILES string of the molecule is CCOC(=O)N1CCN(c2ccc(NC(=O)c3ccc4c(c3)OCO4)nc2)CC1. The molecule has 2 aliphatic heterocycles. The summed E-state index contributed by atoms with van der Waals surface area (Å²) < 4.78 is 15.6. The molecule has 0 radical (unpaired) electrons. The smallest absolute Gasteiger partial charge is 0.409 e. The highest BCUT2D eigenvalue weighted by molar-refractivity contribution is 6.04. The van der Waals surface area contributed by atoms with Gasteiger partial charge in [-0.25, -0.2) is 9.78 Å². The van der Waals surface area contributed by atoms with Crippen molar-refractivity contribution >= 4 is 23.5 Å². The van der Waals surface area contributed by atoms with Gasteiger partial charge in [0.05, 0.1) is 18.5 Å². The van der Waals surface area contributed by atoms with Gasteiger partial charge in [-0.1, -0.05) is 0 Å². The fourth-order valence-electron chi connectivity index (χ4n) is 3.24. The molecule has 29 heavy (non-hydrogen) atoms. The first-order valence-electron chi connectivity index (χ1n) is 9.48. The Morgan fingerprint density at radius 1 is 1.10 bits per heavy atom. The minimum atomic E-state index is -0.272. The van der Waals surface area contributed by atoms with Gasteiger partial charge < -0.3 is 29.3 Å². The number of rotatable bonds is 4. The second-order valence-electron chi connectivity index (χ2n) is 6.60. The van der Waals surface area contributed by atoms with Crippen LogP contribution >= 0.6 is 0 Å². The summed E-state index contributed by atoms with van der Waals surface area (Å²) >= 11 is 0. The van der Waals surface area contributed by atoms with Crippen molar-refractivity contribution in [1.29, 1.82) is 0 Å². The predicted octanol–water partition coefficient (Wildman–Crippen LogP) is 2.34. The maximum Gasteiger partial charge on any atom is 0.409 e. The van der Waals surface area contributed by atoms with Crippen LogP contribution in [0, 0.1) is 0 Å². The monoisotopic (exact) mass is 398 g/mol. The molecular formula is C20H22N4O5. The fraction of sp³-hybridized carbons (Fsp3) is 0.350. The zero-order valence-corrected chi connectivity index (χ0v) is 16.1. The van der Waals surface area contributed by atoms with E-state index in [4.69, 9.17) is 14.2 Å². The second kappa shape index (κ2) is 8.26. The van der Waals surface area contributed by atoms with Crippen LogP contribution in [0.4, 0.5) is 16.3 Å². The van der Waals surface area contributed by atoms with Gasteiger partial charge in [0.1, 0.15) is 5.82 Å². The topological polar surface area (TPSA) is 93.2 Å². The minimum Gasteiger partial charge on any atom is -0.454 e. The highest BCUT2D eigenvalue weighted by Crippen LogP contribution is 2.32. The molecule has 0 bridgehead atoms. The molecule has 1 fully saturated rings. The largest absolute Gasteiger partial charge is 0.454 e. The number of hydrogen-bond acceptors (Lipinski definition) is 7. The Balaban J connectivity index is 1.34. The van der Waals surface area contributed by atoms with E-state index in [2.05, 4.69) is 15.2 Å². The van der Waals surface area contributed by atoms with E-state index in [1.165, 1.54) is 0 Å². The number of fused-ring (bicyclic) bond motifs is 1. The third-order valence-corrected chi connectivity index (χ3v) is 4.80. The lowest BCUT2D eigenvalue weighted by Gasteiger charge is -2.35. The molecule has 152 valence electrons. The van der Waals surface area contributed by atoms with Crippen molar-refractivity contribution in [3.05, 3.63) is 42.1 Å². The molecule has 1 saturated heterocycles. The van der Waals surface area contributed by atoms with Crippen LogP contribution in [0.3, 0.4) is 0 Å². The Morgan fingerprint density at radius 3 is 2.62 bits per heavy atom. The number of benzene rings is 1. The Labute approximate surface area is 168 Å². The number of piperazine rings is 1. The Morgan fingerprint density at radius 2 is 1.90 bits per heavy atom. The molecule has 1 aromatic heterocycles. The third-order valence-electron chi connectivity index (χ3n) is 4.80. The maximum atomic E-state index is 12.4. The van der Waals surface area contributed by atoms with E-state index >= 15 is 0 Å². The predicted molar refractivity (Wildman–Crippen MR) is 106 cm³/mol. The van der Waals surface area contributed by atoms with E-state index < -0.39 is 0 Å². The Bertz CT molecular complexity index is 894. The highest BCUT2D eigenvalue weighted by Gasteiger charge is 2.22. The molecule has 0 spiro atoms. The van der Waals surface area contributed by atoms with Crippen LogP contribution in [-0.2, 0) is 4.74 Å². The lowest BCUT2D eigenvalue weighted by molar-refractivity contribution is 0.102. The molecule has 0 atom stereocenters. The molecule has 1 N–H and O–H groups in total. The van der Waals surface area contributed by atoms with E-state index in [-0.39, 0.29) is 18.8 Å². The summed E-state index contributed by atoms with van der Waals surface area (Å²) in [5.41, 5.74) is 1.41. The second-order valence-corrected chi connectivity index (χ2v) is 6.60. The summed E-state index contributed by atoms with van der Waals surface area (Å²) in [6, 6.07) is 8.71. The number of anilines is 2. The number of pyridine rings is 1. The van der Waals surface area contributed by atoms with Crippen molar-refractivity contribution in [2.45, 2.75) is 6.92 Å². The van der Waals surface area contributed by atoms with Crippen molar-refractivity contribution in [2.75, 3.05) is 49.8 Å². The summed E-state index contributed by atoms with van der Waals surface area (Å²) in [5, 5.41) is 2.78. The molecule has 2 amide bonds. The van der Waals surface area contributed by atoms with Crippen LogP contribution in [0.2, 0.25) is 0 Å². The molecule has 0 saturated carbocycles. The number of amides is 2. The number of nitrogens with one attached hydrogen (secondary N) is 1. The Kier molecular flexibility index (Phi) is 5.37. The van der Waals surface area contributed by atoms with Crippen molar-refractivity contribution in [2.24, 2.45) is 0 Å². The summed E-state index contributed by atoms with van der Waals surface area (Å²) in [6.07, 6.45) is 1.45. The van der Waals surface area contributed by atoms with Gasteiger partial charge in [0.2, 0.25) is 6.79 Å². The number of ether oxygens (including phenoxy) is 3. The van der Waals surface area contributed by atoms with Gasteiger partial charge in [-0.05, 0) is 37.3 Å². The number of nitrogens with zero attached hydrogens (tertiary/aromatic N) is 3. The zero-order chi connectivity index (χ0) is 20.2. The summed E-state index contributed by atoms with van der Waals surface area (Å²) in [5.74, 6) is 1.38. The van der Waals surface area contributed by atoms with E-state index in [0.29, 0.717) is 55.7 Å². The molecule has 9 heteroatoms. The van der Waals surface area contributed by atoms with Gasteiger partial charge in [-0.15, -0.1) is 0 Å². The van der Waals surface area contributed by atoms with Crippen LogP contribution in [0.5, 0.6) is 11.5 Å². The van der Waals surface area contributed by atoms with Crippen molar-refractivity contribution < 1.29 is 23.8 Å². The lowest BCUT2D eigenvalue weighted by atomic mass is 10.2. The number of hydrogen-bond donors (Lipinski definition) is 1. The number of carbonyl (C=O) groups excluding carboxylic acids is 2. The Hall–Kier alpha value is -3.49. The van der Waals surface area contributed by atoms with Gasteiger partial charge in [-0.2, -0.15) is 0 Å². The van der Waals surface area contributed by atoms with Crippen molar-refractivity contribution in [3.8, 4) is 11.5 Å². The zero-order valence-electron chi connectivity index (χ0n) is 16.1. The molecule has 9 nitrogen and oxygen atoms in total. The molecule has 0 unspecified atom stereocenters. The third kappa shape index (κ3) is 4.18. The highest BCUT2D eigenvalue weighted by atomic mass is 16.7. The van der Waals surface area contributed by atoms with Crippen LogP contribution in [-0.4, -0.2) is 61.5 Å². The molecule has 2 aromatic rings. The van der Waals surface area contributed by atoms with Gasteiger partial charge in [0.25, 0.3) is 5.91 Å². The maximum absolute atomic E-state index is 12.4. The fourth-order valence-corrected chi connectivity index (χ4v) is 3.24. The first-order chi connectivity index (χ1) is 14.1. The molecule has 4 rings (SSSR count). The van der Waals surface area contributed by atoms with Crippen LogP contribution in [0.15, 0.2) is 36.5 Å². The van der Waals surface area contributed by atoms with Crippen LogP contribution < -0.4 is 19.7 Å². The molecule has 2 aliphatic rings. The molecule has 1 aromatic carbocycles. The summed E-state index contributed by atoms with van der Waals surface area (Å²) in [4.78, 5) is 32.4. The minimum absolute atomic E-state index is 0.164. The molecule has 0 aliphatic carbocycles. The van der Waals surface area contributed by atoms with Gasteiger partial charge in [-0.3, -0.25) is 4.79 Å². The molecule has 3 heterocycles. The molecular weight excluding hydrogens is 376 g/mol. The van der Waals surface area contributed by atoms with Crippen molar-refractivity contribution in [3.63, 3.8) is 0 Å². The van der Waals surface area contributed by atoms with E-state index in [9.17, 15) is 9.59 Å². The van der Waals surface area contributed by atoms with Crippen molar-refractivity contribution in [1.82, 2.24) is 9.88 Å². The standard InChI is InChI=1S/C20H22N4O5/c1-2-27-20(26)24-9-7-23(8-10-24)15-4-6-18(21-12-15)22-19(25)14-3-5-16-17(11-14)29-13-28-16/h3-6,11-12H,2,7-10,13H2,1H3,(H,21,22,25). The lowest BCUT2D eigenvalue weighted by Crippen LogP contribution is -2.49. The normalized spacial score (nSPS) is 15.2. The summed E-state index contributed by atoms with van der Waals surface area (Å²) in [7, 11) is 0. The summed E-state index contributed by atoms with van der Waals surface area (Å²) in [6.45, 7) is 4.93. The average Bonchev–Trinajstić information content (AvgIpc) is 3.22.